The molecule has 6 nitrogen and oxygen atoms in total. The van der Waals surface area contributed by atoms with E-state index in [-0.39, 0.29) is 17.1 Å². The van der Waals surface area contributed by atoms with Gasteiger partial charge >= 0.3 is 6.03 Å². The van der Waals surface area contributed by atoms with E-state index in [1.165, 1.54) is 17.7 Å². The lowest BCUT2D eigenvalue weighted by Gasteiger charge is -2.31. The molecule has 0 aliphatic carbocycles. The number of amides is 2. The summed E-state index contributed by atoms with van der Waals surface area (Å²) >= 11 is 0. The molecule has 0 fully saturated rings. The zero-order valence-electron chi connectivity index (χ0n) is 16.5. The van der Waals surface area contributed by atoms with E-state index in [1.807, 2.05) is 12.3 Å². The first-order valence-corrected chi connectivity index (χ1v) is 9.29. The van der Waals surface area contributed by atoms with Crippen molar-refractivity contribution in [1.29, 1.82) is 0 Å². The van der Waals surface area contributed by atoms with Crippen LogP contribution in [0.1, 0.15) is 37.5 Å². The van der Waals surface area contributed by atoms with E-state index in [2.05, 4.69) is 45.0 Å². The summed E-state index contributed by atoms with van der Waals surface area (Å²) in [6, 6.07) is 14.6. The number of nitro benzene ring substituents is 1. The third-order valence-corrected chi connectivity index (χ3v) is 4.82. The van der Waals surface area contributed by atoms with Crippen LogP contribution in [0.3, 0.4) is 0 Å². The number of hydrogen-bond donors (Lipinski definition) is 0. The highest BCUT2D eigenvalue weighted by atomic mass is 16.6. The van der Waals surface area contributed by atoms with Crippen molar-refractivity contribution < 1.29 is 9.72 Å². The number of carbonyl (C=O) groups excluding carboxylic acids is 1. The second-order valence-electron chi connectivity index (χ2n) is 8.05. The smallest absolute Gasteiger partial charge is 0.316 e. The molecule has 2 aromatic carbocycles. The fourth-order valence-corrected chi connectivity index (χ4v) is 3.13. The van der Waals surface area contributed by atoms with E-state index in [9.17, 15) is 14.9 Å². The number of nitrogens with zero attached hydrogens (tertiary/aromatic N) is 3. The average Bonchev–Trinajstić information content (AvgIpc) is 2.65. The van der Waals surface area contributed by atoms with Crippen LogP contribution in [0.15, 0.2) is 60.8 Å². The van der Waals surface area contributed by atoms with Crippen molar-refractivity contribution in [3.8, 4) is 0 Å². The Morgan fingerprint density at radius 2 is 1.54 bits per heavy atom. The molecule has 0 atom stereocenters. The fourth-order valence-electron chi connectivity index (χ4n) is 3.13. The van der Waals surface area contributed by atoms with Crippen molar-refractivity contribution in [2.75, 3.05) is 6.54 Å². The molecule has 0 N–H and O–H groups in total. The summed E-state index contributed by atoms with van der Waals surface area (Å²) in [7, 11) is 0. The number of carbonyl (C=O) groups is 1. The van der Waals surface area contributed by atoms with Crippen LogP contribution >= 0.6 is 0 Å². The highest BCUT2D eigenvalue weighted by molar-refractivity contribution is 5.76. The first kappa shape index (κ1) is 19.6. The van der Waals surface area contributed by atoms with Crippen molar-refractivity contribution in [2.24, 2.45) is 0 Å². The minimum Gasteiger partial charge on any atom is -0.316 e. The maximum absolute atomic E-state index is 12.8. The third-order valence-electron chi connectivity index (χ3n) is 4.82. The molecule has 1 heterocycles. The molecule has 146 valence electrons. The zero-order chi connectivity index (χ0) is 20.3. The first-order valence-electron chi connectivity index (χ1n) is 9.29. The first-order chi connectivity index (χ1) is 13.2. The van der Waals surface area contributed by atoms with E-state index in [0.717, 1.165) is 11.1 Å². The van der Waals surface area contributed by atoms with E-state index in [1.54, 1.807) is 21.9 Å². The van der Waals surface area contributed by atoms with Gasteiger partial charge < -0.3 is 4.90 Å². The summed E-state index contributed by atoms with van der Waals surface area (Å²) in [4.78, 5) is 26.6. The van der Waals surface area contributed by atoms with Crippen LogP contribution in [0.25, 0.3) is 0 Å². The van der Waals surface area contributed by atoms with E-state index in [4.69, 9.17) is 0 Å². The van der Waals surface area contributed by atoms with Gasteiger partial charge in [-0.15, -0.1) is 0 Å². The SMILES string of the molecule is CC(C)(C)c1ccc(CN2C=CCN(Cc3ccc([N+](=O)[O-])cc3)C2=O)cc1. The summed E-state index contributed by atoms with van der Waals surface area (Å²) < 4.78 is 0. The molecule has 0 aromatic heterocycles. The normalized spacial score (nSPS) is 14.5. The van der Waals surface area contributed by atoms with Gasteiger partial charge in [-0.3, -0.25) is 15.0 Å². The quantitative estimate of drug-likeness (QED) is 0.551. The van der Waals surface area contributed by atoms with Gasteiger partial charge in [0.25, 0.3) is 5.69 Å². The molecule has 2 amide bonds. The van der Waals surface area contributed by atoms with Crippen molar-refractivity contribution in [2.45, 2.75) is 39.3 Å². The number of hydrogen-bond acceptors (Lipinski definition) is 3. The molecule has 2 aromatic rings. The van der Waals surface area contributed by atoms with Crippen molar-refractivity contribution in [1.82, 2.24) is 9.80 Å². The molecule has 6 heteroatoms. The van der Waals surface area contributed by atoms with Gasteiger partial charge in [-0.05, 0) is 28.2 Å². The van der Waals surface area contributed by atoms with Crippen LogP contribution in [-0.4, -0.2) is 27.3 Å². The van der Waals surface area contributed by atoms with Gasteiger partial charge in [0.2, 0.25) is 0 Å². The van der Waals surface area contributed by atoms with Crippen molar-refractivity contribution in [3.63, 3.8) is 0 Å². The van der Waals surface area contributed by atoms with Crippen LogP contribution in [0.4, 0.5) is 10.5 Å². The van der Waals surface area contributed by atoms with Crippen LogP contribution < -0.4 is 0 Å². The maximum Gasteiger partial charge on any atom is 0.324 e. The molecule has 0 spiro atoms. The van der Waals surface area contributed by atoms with Gasteiger partial charge in [0.1, 0.15) is 0 Å². The predicted molar refractivity (Wildman–Crippen MR) is 109 cm³/mol. The Bertz CT molecular complexity index is 881. The summed E-state index contributed by atoms with van der Waals surface area (Å²) in [5.74, 6) is 0. The Morgan fingerprint density at radius 3 is 2.11 bits per heavy atom. The number of urea groups is 1. The van der Waals surface area contributed by atoms with Gasteiger partial charge in [0, 0.05) is 31.4 Å². The molecule has 1 aliphatic rings. The topological polar surface area (TPSA) is 66.7 Å². The molecule has 3 rings (SSSR count). The maximum atomic E-state index is 12.8. The molecule has 0 radical (unpaired) electrons. The zero-order valence-corrected chi connectivity index (χ0v) is 16.5. The molecular formula is C22H25N3O3. The second-order valence-corrected chi connectivity index (χ2v) is 8.05. The van der Waals surface area contributed by atoms with E-state index >= 15 is 0 Å². The van der Waals surface area contributed by atoms with Crippen LogP contribution in [0.2, 0.25) is 0 Å². The molecule has 0 saturated carbocycles. The van der Waals surface area contributed by atoms with Crippen molar-refractivity contribution >= 4 is 11.7 Å². The Morgan fingerprint density at radius 1 is 0.964 bits per heavy atom. The van der Waals surface area contributed by atoms with Crippen LogP contribution in [0, 0.1) is 10.1 Å². The summed E-state index contributed by atoms with van der Waals surface area (Å²) in [6.45, 7) is 7.98. The lowest BCUT2D eigenvalue weighted by molar-refractivity contribution is -0.384. The minimum absolute atomic E-state index is 0.0500. The highest BCUT2D eigenvalue weighted by Crippen LogP contribution is 2.23. The monoisotopic (exact) mass is 379 g/mol. The molecule has 0 unspecified atom stereocenters. The number of benzene rings is 2. The van der Waals surface area contributed by atoms with Crippen LogP contribution in [0.5, 0.6) is 0 Å². The lowest BCUT2D eigenvalue weighted by Crippen LogP contribution is -2.42. The molecule has 0 saturated heterocycles. The average molecular weight is 379 g/mol. The Hall–Kier alpha value is -3.15. The predicted octanol–water partition coefficient (Wildman–Crippen LogP) is 4.84. The summed E-state index contributed by atoms with van der Waals surface area (Å²) in [5.41, 5.74) is 3.35. The molecule has 1 aliphatic heterocycles. The number of non-ortho nitro benzene ring substituents is 1. The Kier molecular flexibility index (Phi) is 5.49. The molecule has 28 heavy (non-hydrogen) atoms. The number of nitro groups is 1. The molecule has 0 bridgehead atoms. The van der Waals surface area contributed by atoms with Gasteiger partial charge in [-0.25, -0.2) is 4.79 Å². The van der Waals surface area contributed by atoms with Crippen LogP contribution in [-0.2, 0) is 18.5 Å². The lowest BCUT2D eigenvalue weighted by atomic mass is 9.87. The summed E-state index contributed by atoms with van der Waals surface area (Å²) in [5, 5.41) is 10.8. The summed E-state index contributed by atoms with van der Waals surface area (Å²) in [6.07, 6.45) is 3.78. The minimum atomic E-state index is -0.425. The largest absolute Gasteiger partial charge is 0.324 e. The van der Waals surface area contributed by atoms with E-state index in [0.29, 0.717) is 19.6 Å². The Balaban J connectivity index is 1.66. The Labute approximate surface area is 165 Å². The number of rotatable bonds is 5. The van der Waals surface area contributed by atoms with Gasteiger partial charge in [-0.2, -0.15) is 0 Å². The van der Waals surface area contributed by atoms with Gasteiger partial charge in [-0.1, -0.05) is 57.2 Å². The van der Waals surface area contributed by atoms with Gasteiger partial charge in [0.05, 0.1) is 11.5 Å². The van der Waals surface area contributed by atoms with E-state index < -0.39 is 4.92 Å². The third kappa shape index (κ3) is 4.57. The standard InChI is InChI=1S/C22H25N3O3/c1-22(2,3)19-9-5-17(6-10-19)15-23-13-4-14-24(21(23)26)16-18-7-11-20(12-8-18)25(27)28/h4-13H,14-16H2,1-3H3. The van der Waals surface area contributed by atoms with Gasteiger partial charge in [0.15, 0.2) is 0 Å². The van der Waals surface area contributed by atoms with Crippen molar-refractivity contribution in [3.05, 3.63) is 87.6 Å². The fraction of sp³-hybridized carbons (Fsp3) is 0.318. The second kappa shape index (κ2) is 7.84. The highest BCUT2D eigenvalue weighted by Gasteiger charge is 2.23. The molecular weight excluding hydrogens is 354 g/mol.